The molecule has 1 aliphatic rings. The van der Waals surface area contributed by atoms with Crippen LogP contribution in [0.4, 0.5) is 5.82 Å². The second-order valence-corrected chi connectivity index (χ2v) is 5.92. The van der Waals surface area contributed by atoms with E-state index < -0.39 is 0 Å². The van der Waals surface area contributed by atoms with E-state index in [4.69, 9.17) is 4.98 Å². The van der Waals surface area contributed by atoms with E-state index in [1.54, 1.807) is 18.6 Å². The van der Waals surface area contributed by atoms with Crippen LogP contribution in [0.25, 0.3) is 22.8 Å². The van der Waals surface area contributed by atoms with Crippen molar-refractivity contribution < 1.29 is 4.79 Å². The lowest BCUT2D eigenvalue weighted by Gasteiger charge is -2.27. The molecular weight excluding hydrogens is 314 g/mol. The number of anilines is 1. The summed E-state index contributed by atoms with van der Waals surface area (Å²) in [4.78, 5) is 31.6. The molecule has 1 fully saturated rings. The Morgan fingerprint density at radius 1 is 0.920 bits per heavy atom. The molecule has 0 N–H and O–H groups in total. The molecule has 0 amide bonds. The summed E-state index contributed by atoms with van der Waals surface area (Å²) >= 11 is 0. The summed E-state index contributed by atoms with van der Waals surface area (Å²) in [7, 11) is 0. The van der Waals surface area contributed by atoms with Gasteiger partial charge >= 0.3 is 0 Å². The van der Waals surface area contributed by atoms with Crippen LogP contribution in [0.5, 0.6) is 0 Å². The fraction of sp³-hybridized carbons (Fsp3) is 0.211. The summed E-state index contributed by atoms with van der Waals surface area (Å²) < 4.78 is 0. The third-order valence-corrected chi connectivity index (χ3v) is 4.20. The number of Topliss-reactive ketones (excluding diaryl/α,β-unsaturated/α-hetero) is 1. The molecule has 0 atom stereocenters. The lowest BCUT2D eigenvalue weighted by molar-refractivity contribution is -0.119. The first kappa shape index (κ1) is 15.4. The highest BCUT2D eigenvalue weighted by atomic mass is 16.1. The minimum absolute atomic E-state index is 0.308. The maximum absolute atomic E-state index is 11.5. The van der Waals surface area contributed by atoms with Gasteiger partial charge in [-0.2, -0.15) is 0 Å². The molecule has 6 heteroatoms. The van der Waals surface area contributed by atoms with E-state index in [1.165, 1.54) is 0 Å². The van der Waals surface area contributed by atoms with Crippen molar-refractivity contribution in [3.05, 3.63) is 55.0 Å². The minimum Gasteiger partial charge on any atom is -0.356 e. The van der Waals surface area contributed by atoms with Crippen LogP contribution in [0.15, 0.2) is 55.0 Å². The first-order valence-corrected chi connectivity index (χ1v) is 8.27. The summed E-state index contributed by atoms with van der Waals surface area (Å²) in [6, 6.07) is 11.5. The lowest BCUT2D eigenvalue weighted by atomic mass is 10.1. The van der Waals surface area contributed by atoms with Gasteiger partial charge in [-0.25, -0.2) is 9.97 Å². The Morgan fingerprint density at radius 3 is 2.52 bits per heavy atom. The molecule has 0 saturated carbocycles. The fourth-order valence-electron chi connectivity index (χ4n) is 2.85. The number of carbonyl (C=O) groups is 1. The third-order valence-electron chi connectivity index (χ3n) is 4.20. The molecule has 3 aromatic heterocycles. The molecule has 25 heavy (non-hydrogen) atoms. The van der Waals surface area contributed by atoms with Crippen LogP contribution in [-0.4, -0.2) is 38.8 Å². The Kier molecular flexibility index (Phi) is 4.16. The zero-order valence-electron chi connectivity index (χ0n) is 13.7. The van der Waals surface area contributed by atoms with Gasteiger partial charge < -0.3 is 4.90 Å². The first-order chi connectivity index (χ1) is 12.3. The van der Waals surface area contributed by atoms with Gasteiger partial charge in [0.15, 0.2) is 5.82 Å². The Labute approximate surface area is 145 Å². The second kappa shape index (κ2) is 6.76. The van der Waals surface area contributed by atoms with Crippen LogP contribution in [-0.2, 0) is 4.79 Å². The van der Waals surface area contributed by atoms with Gasteiger partial charge in [0.25, 0.3) is 0 Å². The van der Waals surface area contributed by atoms with Crippen LogP contribution in [0.3, 0.4) is 0 Å². The molecule has 0 spiro atoms. The first-order valence-electron chi connectivity index (χ1n) is 8.27. The lowest BCUT2D eigenvalue weighted by Crippen LogP contribution is -2.34. The number of aromatic nitrogens is 4. The van der Waals surface area contributed by atoms with Crippen molar-refractivity contribution in [2.75, 3.05) is 18.0 Å². The summed E-state index contributed by atoms with van der Waals surface area (Å²) in [5.74, 6) is 1.74. The number of hydrogen-bond acceptors (Lipinski definition) is 6. The van der Waals surface area contributed by atoms with E-state index >= 15 is 0 Å². The highest BCUT2D eigenvalue weighted by Crippen LogP contribution is 2.26. The molecule has 6 nitrogen and oxygen atoms in total. The van der Waals surface area contributed by atoms with Crippen LogP contribution in [0.2, 0.25) is 0 Å². The number of rotatable bonds is 3. The van der Waals surface area contributed by atoms with Crippen LogP contribution < -0.4 is 4.90 Å². The van der Waals surface area contributed by atoms with Crippen LogP contribution in [0, 0.1) is 0 Å². The number of nitrogens with zero attached hydrogens (tertiary/aromatic N) is 5. The molecule has 0 aromatic carbocycles. The van der Waals surface area contributed by atoms with Crippen molar-refractivity contribution in [1.29, 1.82) is 0 Å². The van der Waals surface area contributed by atoms with E-state index in [2.05, 4.69) is 19.9 Å². The SMILES string of the molecule is O=C1CCN(c2cc(-c3ccccn3)nc(-c3cccnc3)n2)CC1. The molecule has 4 rings (SSSR count). The van der Waals surface area contributed by atoms with Gasteiger partial charge in [-0.05, 0) is 24.3 Å². The Balaban J connectivity index is 1.79. The topological polar surface area (TPSA) is 71.9 Å². The fourth-order valence-corrected chi connectivity index (χ4v) is 2.85. The molecule has 3 aromatic rings. The minimum atomic E-state index is 0.308. The van der Waals surface area contributed by atoms with Gasteiger partial charge in [0.1, 0.15) is 11.6 Å². The van der Waals surface area contributed by atoms with E-state index in [0.717, 1.165) is 22.8 Å². The third kappa shape index (κ3) is 3.38. The highest BCUT2D eigenvalue weighted by Gasteiger charge is 2.19. The molecule has 0 bridgehead atoms. The van der Waals surface area contributed by atoms with Crippen molar-refractivity contribution in [2.24, 2.45) is 0 Å². The van der Waals surface area contributed by atoms with Crippen LogP contribution in [0.1, 0.15) is 12.8 Å². The summed E-state index contributed by atoms with van der Waals surface area (Å²) in [6.45, 7) is 1.37. The number of piperidine rings is 1. The van der Waals surface area contributed by atoms with Crippen molar-refractivity contribution in [1.82, 2.24) is 19.9 Å². The molecular formula is C19H17N5O. The van der Waals surface area contributed by atoms with E-state index in [9.17, 15) is 4.79 Å². The second-order valence-electron chi connectivity index (χ2n) is 5.92. The van der Waals surface area contributed by atoms with Crippen molar-refractivity contribution in [2.45, 2.75) is 12.8 Å². The molecule has 4 heterocycles. The average molecular weight is 331 g/mol. The number of hydrogen-bond donors (Lipinski definition) is 0. The van der Waals surface area contributed by atoms with Gasteiger partial charge in [0.2, 0.25) is 0 Å². The van der Waals surface area contributed by atoms with Crippen molar-refractivity contribution in [3.63, 3.8) is 0 Å². The van der Waals surface area contributed by atoms with Gasteiger partial charge in [-0.1, -0.05) is 6.07 Å². The number of pyridine rings is 2. The largest absolute Gasteiger partial charge is 0.356 e. The van der Waals surface area contributed by atoms with Gasteiger partial charge in [0, 0.05) is 56.2 Å². The molecule has 1 aliphatic heterocycles. The number of carbonyl (C=O) groups excluding carboxylic acids is 1. The monoisotopic (exact) mass is 331 g/mol. The molecule has 124 valence electrons. The summed E-state index contributed by atoms with van der Waals surface area (Å²) in [5, 5.41) is 0. The molecule has 0 aliphatic carbocycles. The van der Waals surface area contributed by atoms with Crippen molar-refractivity contribution in [3.8, 4) is 22.8 Å². The van der Waals surface area contributed by atoms with Crippen molar-refractivity contribution >= 4 is 11.6 Å². The van der Waals surface area contributed by atoms with Crippen LogP contribution >= 0.6 is 0 Å². The summed E-state index contributed by atoms with van der Waals surface area (Å²) in [5.41, 5.74) is 2.42. The maximum atomic E-state index is 11.5. The zero-order chi connectivity index (χ0) is 17.1. The smallest absolute Gasteiger partial charge is 0.163 e. The Bertz CT molecular complexity index is 815. The van der Waals surface area contributed by atoms with E-state index in [-0.39, 0.29) is 0 Å². The maximum Gasteiger partial charge on any atom is 0.163 e. The Hall–Kier alpha value is -3.15. The highest BCUT2D eigenvalue weighted by molar-refractivity contribution is 5.81. The average Bonchev–Trinajstić information content (AvgIpc) is 2.69. The van der Waals surface area contributed by atoms with Gasteiger partial charge in [-0.3, -0.25) is 14.8 Å². The van der Waals surface area contributed by atoms with E-state index in [1.807, 2.05) is 36.4 Å². The predicted molar refractivity (Wildman–Crippen MR) is 94.9 cm³/mol. The zero-order valence-corrected chi connectivity index (χ0v) is 13.7. The predicted octanol–water partition coefficient (Wildman–Crippen LogP) is 2.77. The summed E-state index contributed by atoms with van der Waals surface area (Å²) in [6.07, 6.45) is 6.35. The number of ketones is 1. The van der Waals surface area contributed by atoms with Gasteiger partial charge in [-0.15, -0.1) is 0 Å². The Morgan fingerprint density at radius 2 is 1.80 bits per heavy atom. The quantitative estimate of drug-likeness (QED) is 0.735. The van der Waals surface area contributed by atoms with E-state index in [0.29, 0.717) is 37.5 Å². The molecule has 1 saturated heterocycles. The standard InChI is InChI=1S/C19H17N5O/c25-15-6-10-24(11-7-15)18-12-17(16-5-1-2-9-21-16)22-19(23-18)14-4-3-8-20-13-14/h1-5,8-9,12-13H,6-7,10-11H2. The molecule has 0 unspecified atom stereocenters. The van der Waals surface area contributed by atoms with Gasteiger partial charge in [0.05, 0.1) is 11.4 Å². The normalized spacial score (nSPS) is 14.6. The molecule has 0 radical (unpaired) electrons.